The second-order valence-corrected chi connectivity index (χ2v) is 7.11. The average molecular weight is 330 g/mol. The van der Waals surface area contributed by atoms with E-state index in [1.54, 1.807) is 13.8 Å². The molecule has 1 unspecified atom stereocenters. The van der Waals surface area contributed by atoms with Gasteiger partial charge >= 0.3 is 0 Å². The first-order valence-electron chi connectivity index (χ1n) is 6.60. The molecule has 1 aromatic rings. The SMILES string of the molecule is CC(=O)NC(C)(C(=O)NS(=O)(=O)c1cccc(F)c1)C(C)C. The molecule has 0 bridgehead atoms. The zero-order chi connectivity index (χ0) is 17.1. The van der Waals surface area contributed by atoms with Crippen LogP contribution in [0.3, 0.4) is 0 Å². The van der Waals surface area contributed by atoms with Crippen LogP contribution in [0.2, 0.25) is 0 Å². The summed E-state index contributed by atoms with van der Waals surface area (Å²) >= 11 is 0. The number of halogens is 1. The molecular formula is C14H19FN2O4S. The molecule has 0 heterocycles. The topological polar surface area (TPSA) is 92.3 Å². The lowest BCUT2D eigenvalue weighted by Crippen LogP contribution is -2.60. The van der Waals surface area contributed by atoms with Crippen LogP contribution >= 0.6 is 0 Å². The molecule has 1 atom stereocenters. The van der Waals surface area contributed by atoms with Crippen LogP contribution in [-0.2, 0) is 19.6 Å². The maximum absolute atomic E-state index is 13.1. The molecule has 6 nitrogen and oxygen atoms in total. The molecule has 22 heavy (non-hydrogen) atoms. The molecule has 0 aliphatic rings. The Morgan fingerprint density at radius 1 is 1.27 bits per heavy atom. The summed E-state index contributed by atoms with van der Waals surface area (Å²) < 4.78 is 39.3. The van der Waals surface area contributed by atoms with Crippen molar-refractivity contribution < 1.29 is 22.4 Å². The van der Waals surface area contributed by atoms with Crippen molar-refractivity contribution in [1.82, 2.24) is 10.0 Å². The Morgan fingerprint density at radius 2 is 1.86 bits per heavy atom. The number of carbonyl (C=O) groups is 2. The quantitative estimate of drug-likeness (QED) is 0.848. The van der Waals surface area contributed by atoms with Crippen LogP contribution in [0.15, 0.2) is 29.2 Å². The molecule has 8 heteroatoms. The van der Waals surface area contributed by atoms with Gasteiger partial charge in [-0.25, -0.2) is 17.5 Å². The van der Waals surface area contributed by atoms with Gasteiger partial charge in [0, 0.05) is 6.92 Å². The third kappa shape index (κ3) is 4.03. The van der Waals surface area contributed by atoms with Gasteiger partial charge in [0.2, 0.25) is 5.91 Å². The van der Waals surface area contributed by atoms with Crippen LogP contribution in [0, 0.1) is 11.7 Å². The number of hydrogen-bond acceptors (Lipinski definition) is 4. The number of hydrogen-bond donors (Lipinski definition) is 2. The molecule has 0 aliphatic carbocycles. The highest BCUT2D eigenvalue weighted by atomic mass is 32.2. The van der Waals surface area contributed by atoms with E-state index >= 15 is 0 Å². The Hall–Kier alpha value is -1.96. The van der Waals surface area contributed by atoms with Crippen molar-refractivity contribution in [2.45, 2.75) is 38.1 Å². The Morgan fingerprint density at radius 3 is 2.32 bits per heavy atom. The predicted molar refractivity (Wildman–Crippen MR) is 78.8 cm³/mol. The number of nitrogens with one attached hydrogen (secondary N) is 2. The van der Waals surface area contributed by atoms with Gasteiger partial charge in [-0.15, -0.1) is 0 Å². The van der Waals surface area contributed by atoms with E-state index in [0.29, 0.717) is 0 Å². The molecule has 1 rings (SSSR count). The summed E-state index contributed by atoms with van der Waals surface area (Å²) in [6.07, 6.45) is 0. The Kier molecular flexibility index (Phi) is 5.29. The summed E-state index contributed by atoms with van der Waals surface area (Å²) in [6.45, 7) is 6.00. The van der Waals surface area contributed by atoms with Gasteiger partial charge in [-0.3, -0.25) is 9.59 Å². The van der Waals surface area contributed by atoms with Gasteiger partial charge in [0.1, 0.15) is 11.4 Å². The maximum Gasteiger partial charge on any atom is 0.264 e. The van der Waals surface area contributed by atoms with Gasteiger partial charge in [0.25, 0.3) is 15.9 Å². The highest BCUT2D eigenvalue weighted by Gasteiger charge is 2.39. The number of amides is 2. The van der Waals surface area contributed by atoms with Gasteiger partial charge in [-0.05, 0) is 31.0 Å². The first kappa shape index (κ1) is 18.1. The van der Waals surface area contributed by atoms with Crippen LogP contribution in [-0.4, -0.2) is 25.8 Å². The van der Waals surface area contributed by atoms with Crippen molar-refractivity contribution in [2.24, 2.45) is 5.92 Å². The molecular weight excluding hydrogens is 311 g/mol. The number of benzene rings is 1. The minimum atomic E-state index is -4.23. The second-order valence-electron chi connectivity index (χ2n) is 5.43. The second kappa shape index (κ2) is 6.43. The largest absolute Gasteiger partial charge is 0.342 e. The minimum Gasteiger partial charge on any atom is -0.342 e. The standard InChI is InChI=1S/C14H19FN2O4S/c1-9(2)14(4,16-10(3)18)13(19)17-22(20,21)12-7-5-6-11(15)8-12/h5-9H,1-4H3,(H,16,18)(H,17,19). The first-order chi connectivity index (χ1) is 9.99. The normalized spacial score (nSPS) is 14.3. The van der Waals surface area contributed by atoms with Gasteiger partial charge in [0.05, 0.1) is 4.90 Å². The number of sulfonamides is 1. The van der Waals surface area contributed by atoms with Crippen LogP contribution in [0.1, 0.15) is 27.7 Å². The summed E-state index contributed by atoms with van der Waals surface area (Å²) in [5.74, 6) is -2.45. The van der Waals surface area contributed by atoms with Gasteiger partial charge in [-0.2, -0.15) is 0 Å². The smallest absolute Gasteiger partial charge is 0.264 e. The molecule has 0 fully saturated rings. The van der Waals surface area contributed by atoms with E-state index in [-0.39, 0.29) is 10.8 Å². The fraction of sp³-hybridized carbons (Fsp3) is 0.429. The molecule has 0 spiro atoms. The highest BCUT2D eigenvalue weighted by Crippen LogP contribution is 2.19. The molecule has 0 aromatic heterocycles. The summed E-state index contributed by atoms with van der Waals surface area (Å²) in [7, 11) is -4.23. The maximum atomic E-state index is 13.1. The molecule has 2 N–H and O–H groups in total. The van der Waals surface area contributed by atoms with Crippen molar-refractivity contribution in [2.75, 3.05) is 0 Å². The summed E-state index contributed by atoms with van der Waals surface area (Å²) in [5, 5.41) is 2.45. The van der Waals surface area contributed by atoms with Crippen LogP contribution in [0.25, 0.3) is 0 Å². The first-order valence-corrected chi connectivity index (χ1v) is 8.09. The predicted octanol–water partition coefficient (Wildman–Crippen LogP) is 1.18. The van der Waals surface area contributed by atoms with Gasteiger partial charge in [0.15, 0.2) is 0 Å². The van der Waals surface area contributed by atoms with Crippen molar-refractivity contribution >= 4 is 21.8 Å². The van der Waals surface area contributed by atoms with Crippen LogP contribution in [0.4, 0.5) is 4.39 Å². The van der Waals surface area contributed by atoms with E-state index in [1.165, 1.54) is 26.0 Å². The lowest BCUT2D eigenvalue weighted by Gasteiger charge is -2.32. The average Bonchev–Trinajstić information content (AvgIpc) is 2.37. The Balaban J connectivity index is 3.10. The van der Waals surface area contributed by atoms with Gasteiger partial charge < -0.3 is 5.32 Å². The molecule has 0 saturated heterocycles. The van der Waals surface area contributed by atoms with E-state index in [1.807, 2.05) is 4.72 Å². The monoisotopic (exact) mass is 330 g/mol. The highest BCUT2D eigenvalue weighted by molar-refractivity contribution is 7.90. The molecule has 1 aromatic carbocycles. The van der Waals surface area contributed by atoms with Crippen molar-refractivity contribution in [3.8, 4) is 0 Å². The lowest BCUT2D eigenvalue weighted by molar-refractivity contribution is -0.132. The fourth-order valence-corrected chi connectivity index (χ4v) is 2.85. The lowest BCUT2D eigenvalue weighted by atomic mass is 9.87. The van der Waals surface area contributed by atoms with Crippen molar-refractivity contribution in [1.29, 1.82) is 0 Å². The molecule has 2 amide bonds. The Bertz CT molecular complexity index is 688. The van der Waals surface area contributed by atoms with Crippen molar-refractivity contribution in [3.05, 3.63) is 30.1 Å². The van der Waals surface area contributed by atoms with E-state index in [0.717, 1.165) is 12.1 Å². The molecule has 0 aliphatic heterocycles. The zero-order valence-corrected chi connectivity index (χ0v) is 13.6. The fourth-order valence-electron chi connectivity index (χ4n) is 1.75. The van der Waals surface area contributed by atoms with Crippen molar-refractivity contribution in [3.63, 3.8) is 0 Å². The third-order valence-electron chi connectivity index (χ3n) is 3.40. The molecule has 122 valence electrons. The summed E-state index contributed by atoms with van der Waals surface area (Å²) in [6, 6.07) is 4.30. The van der Waals surface area contributed by atoms with E-state index < -0.39 is 33.2 Å². The number of carbonyl (C=O) groups excluding carboxylic acids is 2. The summed E-state index contributed by atoms with van der Waals surface area (Å²) in [5.41, 5.74) is -1.41. The van der Waals surface area contributed by atoms with E-state index in [4.69, 9.17) is 0 Å². The minimum absolute atomic E-state index is 0.362. The third-order valence-corrected chi connectivity index (χ3v) is 4.72. The zero-order valence-electron chi connectivity index (χ0n) is 12.8. The molecule has 0 radical (unpaired) electrons. The van der Waals surface area contributed by atoms with Crippen LogP contribution in [0.5, 0.6) is 0 Å². The van der Waals surface area contributed by atoms with Gasteiger partial charge in [-0.1, -0.05) is 19.9 Å². The van der Waals surface area contributed by atoms with Crippen LogP contribution < -0.4 is 10.0 Å². The number of rotatable bonds is 5. The molecule has 0 saturated carbocycles. The Labute approximate surface area is 129 Å². The van der Waals surface area contributed by atoms with E-state index in [2.05, 4.69) is 5.32 Å². The summed E-state index contributed by atoms with van der Waals surface area (Å²) in [4.78, 5) is 23.2. The van der Waals surface area contributed by atoms with E-state index in [9.17, 15) is 22.4 Å².